The SMILES string of the molecule is OC[C@H]1O[C@@H](O[C@@H]2[C@@H](C(O)C3O[C@H](CO)[C@H](O)[C@H](O)[C@@H]3O)OC(O)[C@H](O)[C@]2(O)C2O[C@H](CO)[C@H](O)[C@H](O)[C@@H]2O)[C@H](O)[C@@H](O)[C@H]1O. The van der Waals surface area contributed by atoms with Gasteiger partial charge in [-0.2, -0.15) is 0 Å². The number of aliphatic hydroxyl groups is 16. The molecular formula is C24H42O21. The molecule has 0 aromatic carbocycles. The summed E-state index contributed by atoms with van der Waals surface area (Å²) >= 11 is 0. The molecule has 4 unspecified atom stereocenters. The van der Waals surface area contributed by atoms with Crippen LogP contribution in [0.25, 0.3) is 0 Å². The summed E-state index contributed by atoms with van der Waals surface area (Å²) in [5.74, 6) is 0. The van der Waals surface area contributed by atoms with Crippen LogP contribution in [0.5, 0.6) is 0 Å². The monoisotopic (exact) mass is 666 g/mol. The summed E-state index contributed by atoms with van der Waals surface area (Å²) in [4.78, 5) is 0. The fourth-order valence-corrected chi connectivity index (χ4v) is 6.15. The van der Waals surface area contributed by atoms with Crippen molar-refractivity contribution in [1.29, 1.82) is 0 Å². The molecule has 45 heavy (non-hydrogen) atoms. The Morgan fingerprint density at radius 1 is 0.533 bits per heavy atom. The molecule has 0 aromatic rings. The van der Waals surface area contributed by atoms with E-state index < -0.39 is 148 Å². The lowest BCUT2D eigenvalue weighted by Gasteiger charge is -2.57. The summed E-state index contributed by atoms with van der Waals surface area (Å²) in [6.07, 6.45) is -42.6. The van der Waals surface area contributed by atoms with Crippen molar-refractivity contribution in [2.24, 2.45) is 0 Å². The Bertz CT molecular complexity index is 958. The molecule has 16 N–H and O–H groups in total. The fraction of sp³-hybridized carbons (Fsp3) is 1.00. The van der Waals surface area contributed by atoms with Crippen LogP contribution in [0.1, 0.15) is 0 Å². The van der Waals surface area contributed by atoms with Gasteiger partial charge in [-0.3, -0.25) is 0 Å². The lowest BCUT2D eigenvalue weighted by atomic mass is 9.72. The van der Waals surface area contributed by atoms with E-state index in [1.165, 1.54) is 0 Å². The minimum Gasteiger partial charge on any atom is -0.394 e. The predicted octanol–water partition coefficient (Wildman–Crippen LogP) is -11.0. The zero-order chi connectivity index (χ0) is 33.7. The maximum atomic E-state index is 12.1. The van der Waals surface area contributed by atoms with Crippen molar-refractivity contribution in [3.8, 4) is 0 Å². The van der Waals surface area contributed by atoms with E-state index in [4.69, 9.17) is 23.7 Å². The van der Waals surface area contributed by atoms with Gasteiger partial charge in [-0.15, -0.1) is 0 Å². The van der Waals surface area contributed by atoms with Gasteiger partial charge in [0.05, 0.1) is 19.8 Å². The fourth-order valence-electron chi connectivity index (χ4n) is 6.15. The first-order valence-corrected chi connectivity index (χ1v) is 14.1. The second-order valence-corrected chi connectivity index (χ2v) is 11.6. The second kappa shape index (κ2) is 14.3. The van der Waals surface area contributed by atoms with Crippen LogP contribution in [0.2, 0.25) is 0 Å². The van der Waals surface area contributed by atoms with Crippen LogP contribution in [0.15, 0.2) is 0 Å². The maximum Gasteiger partial charge on any atom is 0.187 e. The van der Waals surface area contributed by atoms with Crippen molar-refractivity contribution < 1.29 is 105 Å². The van der Waals surface area contributed by atoms with Gasteiger partial charge < -0.3 is 105 Å². The molecule has 0 aliphatic carbocycles. The molecule has 4 heterocycles. The molecule has 4 aliphatic heterocycles. The average Bonchev–Trinajstić information content (AvgIpc) is 3.02. The zero-order valence-corrected chi connectivity index (χ0v) is 23.4. The van der Waals surface area contributed by atoms with Crippen LogP contribution < -0.4 is 0 Å². The van der Waals surface area contributed by atoms with E-state index in [1.54, 1.807) is 0 Å². The molecule has 4 saturated heterocycles. The molecule has 4 fully saturated rings. The van der Waals surface area contributed by atoms with Crippen molar-refractivity contribution in [1.82, 2.24) is 0 Å². The molecule has 4 rings (SSSR count). The third kappa shape index (κ3) is 6.37. The van der Waals surface area contributed by atoms with Gasteiger partial charge in [0, 0.05) is 0 Å². The molecule has 0 spiro atoms. The highest BCUT2D eigenvalue weighted by atomic mass is 16.7. The number of hydrogen-bond acceptors (Lipinski definition) is 21. The second-order valence-electron chi connectivity index (χ2n) is 11.6. The van der Waals surface area contributed by atoms with Crippen molar-refractivity contribution in [2.45, 2.75) is 128 Å². The first-order chi connectivity index (χ1) is 21.1. The summed E-state index contributed by atoms with van der Waals surface area (Å²) in [5.41, 5.74) is -3.32. The van der Waals surface area contributed by atoms with E-state index in [0.29, 0.717) is 0 Å². The minimum atomic E-state index is -3.32. The van der Waals surface area contributed by atoms with E-state index in [2.05, 4.69) is 0 Å². The zero-order valence-electron chi connectivity index (χ0n) is 23.4. The summed E-state index contributed by atoms with van der Waals surface area (Å²) in [6.45, 7) is -2.93. The van der Waals surface area contributed by atoms with Gasteiger partial charge in [0.15, 0.2) is 18.2 Å². The topological polar surface area (TPSA) is 370 Å². The highest BCUT2D eigenvalue weighted by Gasteiger charge is 2.68. The van der Waals surface area contributed by atoms with Crippen LogP contribution in [0.4, 0.5) is 0 Å². The van der Waals surface area contributed by atoms with Gasteiger partial charge in [0.2, 0.25) is 0 Å². The van der Waals surface area contributed by atoms with Crippen LogP contribution in [-0.4, -0.2) is 230 Å². The van der Waals surface area contributed by atoms with Crippen LogP contribution in [0.3, 0.4) is 0 Å². The summed E-state index contributed by atoms with van der Waals surface area (Å²) in [7, 11) is 0. The third-order valence-corrected chi connectivity index (χ3v) is 8.87. The number of aliphatic hydroxyl groups excluding tert-OH is 15. The molecule has 4 aliphatic rings. The molecule has 21 heteroatoms. The van der Waals surface area contributed by atoms with Crippen molar-refractivity contribution in [3.05, 3.63) is 0 Å². The largest absolute Gasteiger partial charge is 0.394 e. The Morgan fingerprint density at radius 2 is 1.00 bits per heavy atom. The van der Waals surface area contributed by atoms with E-state index >= 15 is 0 Å². The molecule has 0 amide bonds. The molecule has 21 nitrogen and oxygen atoms in total. The molecule has 0 radical (unpaired) electrons. The van der Waals surface area contributed by atoms with Gasteiger partial charge in [-0.05, 0) is 0 Å². The molecule has 264 valence electrons. The van der Waals surface area contributed by atoms with Crippen LogP contribution >= 0.6 is 0 Å². The smallest absolute Gasteiger partial charge is 0.187 e. The van der Waals surface area contributed by atoms with Crippen LogP contribution in [-0.2, 0) is 23.7 Å². The van der Waals surface area contributed by atoms with Crippen molar-refractivity contribution >= 4 is 0 Å². The lowest BCUT2D eigenvalue weighted by molar-refractivity contribution is -0.409. The quantitative estimate of drug-likeness (QED) is 0.114. The van der Waals surface area contributed by atoms with Gasteiger partial charge in [-0.25, -0.2) is 0 Å². The van der Waals surface area contributed by atoms with E-state index in [1.807, 2.05) is 0 Å². The van der Waals surface area contributed by atoms with Gasteiger partial charge in [-0.1, -0.05) is 0 Å². The van der Waals surface area contributed by atoms with E-state index in [9.17, 15) is 81.7 Å². The third-order valence-electron chi connectivity index (χ3n) is 8.87. The average molecular weight is 667 g/mol. The molecule has 0 bridgehead atoms. The van der Waals surface area contributed by atoms with Gasteiger partial charge >= 0.3 is 0 Å². The molecule has 0 saturated carbocycles. The van der Waals surface area contributed by atoms with Crippen molar-refractivity contribution in [3.63, 3.8) is 0 Å². The van der Waals surface area contributed by atoms with Crippen LogP contribution in [0, 0.1) is 0 Å². The first kappa shape index (κ1) is 37.0. The van der Waals surface area contributed by atoms with E-state index in [-0.39, 0.29) is 0 Å². The Balaban J connectivity index is 1.81. The summed E-state index contributed by atoms with van der Waals surface area (Å²) < 4.78 is 27.0. The number of rotatable bonds is 8. The van der Waals surface area contributed by atoms with E-state index in [0.717, 1.165) is 0 Å². The number of ether oxygens (including phenoxy) is 5. The summed E-state index contributed by atoms with van der Waals surface area (Å²) in [5, 5.41) is 168. The molecule has 0 aromatic heterocycles. The minimum absolute atomic E-state index is 0.944. The molecular weight excluding hydrogens is 624 g/mol. The highest BCUT2D eigenvalue weighted by Crippen LogP contribution is 2.43. The van der Waals surface area contributed by atoms with Crippen molar-refractivity contribution in [2.75, 3.05) is 19.8 Å². The Kier molecular flexibility index (Phi) is 11.8. The molecule has 21 atom stereocenters. The highest BCUT2D eigenvalue weighted by molar-refractivity contribution is 5.15. The Labute approximate surface area is 253 Å². The normalized spacial score (nSPS) is 55.3. The Hall–Kier alpha value is -0.840. The summed E-state index contributed by atoms with van der Waals surface area (Å²) in [6, 6.07) is 0. The first-order valence-electron chi connectivity index (χ1n) is 14.1. The maximum absolute atomic E-state index is 12.1. The standard InChI is InChI=1S/C24H42O21/c25-1-4-7(28)10(31)13(34)17(41-4)16(37)18-21(45-23-15(36)12(33)9(30)6(3-27)43-23)24(40,19(38)22(39)44-18)20-14(35)11(32)8(29)5(2-26)42-20/h4-23,25-40H,1-3H2/t4-,5-,6-,7+,8+,9+,10+,11+,12+,13+,14+,15-,16?,17?,18-,19+,20?,21-,22?,23+,24+/m1/s1. The Morgan fingerprint density at radius 3 is 1.53 bits per heavy atom. The van der Waals surface area contributed by atoms with Gasteiger partial charge in [0.25, 0.3) is 0 Å². The van der Waals surface area contributed by atoms with Gasteiger partial charge in [0.1, 0.15) is 110 Å². The number of hydrogen-bond donors (Lipinski definition) is 16. The predicted molar refractivity (Wildman–Crippen MR) is 134 cm³/mol. The lowest BCUT2D eigenvalue weighted by Crippen LogP contribution is -2.80.